The summed E-state index contributed by atoms with van der Waals surface area (Å²) in [6.45, 7) is 9.02. The first-order chi connectivity index (χ1) is 16.2. The van der Waals surface area contributed by atoms with Crippen molar-refractivity contribution in [3.05, 3.63) is 85.5 Å². The first kappa shape index (κ1) is 23.7. The largest absolute Gasteiger partial charge is 0.268 e. The Labute approximate surface area is 214 Å². The molecule has 2 heterocycles. The van der Waals surface area contributed by atoms with Gasteiger partial charge in [0.05, 0.1) is 11.1 Å². The maximum Gasteiger partial charge on any atom is 0.267 e. The third-order valence-corrected chi connectivity index (χ3v) is 9.39. The maximum absolute atomic E-state index is 14.0. The molecule has 34 heavy (non-hydrogen) atoms. The summed E-state index contributed by atoms with van der Waals surface area (Å²) in [6, 6.07) is 16.0. The monoisotopic (exact) mass is 508 g/mol. The molecule has 1 unspecified atom stereocenters. The van der Waals surface area contributed by atoms with Gasteiger partial charge in [0, 0.05) is 15.7 Å². The number of rotatable bonds is 4. The predicted octanol–water partition coefficient (Wildman–Crippen LogP) is 7.85. The van der Waals surface area contributed by atoms with Gasteiger partial charge in [-0.2, -0.15) is 0 Å². The number of halogens is 1. The van der Waals surface area contributed by atoms with Crippen LogP contribution in [0.5, 0.6) is 0 Å². The molecule has 176 valence electrons. The summed E-state index contributed by atoms with van der Waals surface area (Å²) in [6.07, 6.45) is 3.11. The fraction of sp³-hybridized carbons (Fsp3) is 0.357. The molecule has 1 aliphatic carbocycles. The lowest BCUT2D eigenvalue weighted by Gasteiger charge is -2.33. The molecule has 2 aromatic heterocycles. The minimum absolute atomic E-state index is 0.0437. The molecule has 0 radical (unpaired) electrons. The van der Waals surface area contributed by atoms with E-state index < -0.39 is 0 Å². The van der Waals surface area contributed by atoms with E-state index in [4.69, 9.17) is 16.6 Å². The summed E-state index contributed by atoms with van der Waals surface area (Å²) < 4.78 is 1.80. The zero-order valence-corrected chi connectivity index (χ0v) is 22.4. The van der Waals surface area contributed by atoms with Crippen LogP contribution in [-0.2, 0) is 18.6 Å². The van der Waals surface area contributed by atoms with Crippen molar-refractivity contribution in [2.75, 3.05) is 0 Å². The van der Waals surface area contributed by atoms with Crippen LogP contribution in [0, 0.1) is 18.3 Å². The van der Waals surface area contributed by atoms with E-state index in [0.29, 0.717) is 16.8 Å². The molecule has 4 aromatic rings. The van der Waals surface area contributed by atoms with Crippen LogP contribution in [0.25, 0.3) is 15.9 Å². The van der Waals surface area contributed by atoms with Crippen molar-refractivity contribution in [3.8, 4) is 5.69 Å². The molecule has 3 nitrogen and oxygen atoms in total. The molecule has 0 aliphatic heterocycles. The molecular formula is C28H29ClN2OS2. The van der Waals surface area contributed by atoms with Crippen molar-refractivity contribution in [1.29, 1.82) is 0 Å². The Kier molecular flexibility index (Phi) is 6.38. The van der Waals surface area contributed by atoms with Crippen LogP contribution in [0.15, 0.2) is 58.5 Å². The van der Waals surface area contributed by atoms with Crippen molar-refractivity contribution in [2.45, 2.75) is 57.9 Å². The Morgan fingerprint density at radius 1 is 1.15 bits per heavy atom. The maximum atomic E-state index is 14.0. The molecule has 0 fully saturated rings. The molecule has 0 saturated heterocycles. The van der Waals surface area contributed by atoms with Gasteiger partial charge in [-0.25, -0.2) is 4.98 Å². The lowest BCUT2D eigenvalue weighted by molar-refractivity contribution is 0.218. The first-order valence-corrected chi connectivity index (χ1v) is 13.9. The average Bonchev–Trinajstić information content (AvgIpc) is 3.17. The molecular weight excluding hydrogens is 480 g/mol. The third-order valence-electron chi connectivity index (χ3n) is 6.88. The fourth-order valence-corrected chi connectivity index (χ4v) is 7.36. The highest BCUT2D eigenvalue weighted by molar-refractivity contribution is 7.98. The third kappa shape index (κ3) is 4.46. The van der Waals surface area contributed by atoms with Crippen LogP contribution in [0.4, 0.5) is 0 Å². The van der Waals surface area contributed by atoms with Gasteiger partial charge in [0.2, 0.25) is 0 Å². The molecule has 0 spiro atoms. The highest BCUT2D eigenvalue weighted by Crippen LogP contribution is 2.42. The standard InChI is InChI=1S/C28H29ClN2OS2/c1-17-9-12-20(13-10-17)31-26(32)24-21-14-11-19(28(2,3)4)15-23(21)34-25(24)30-27(31)33-16-18-7-5-6-8-22(18)29/h5-10,12-13,19H,11,14-16H2,1-4H3. The Bertz CT molecular complexity index is 1410. The summed E-state index contributed by atoms with van der Waals surface area (Å²) in [5, 5.41) is 2.27. The molecule has 1 aliphatic rings. The average molecular weight is 509 g/mol. The molecule has 0 N–H and O–H groups in total. The molecule has 0 saturated carbocycles. The van der Waals surface area contributed by atoms with Gasteiger partial charge in [-0.3, -0.25) is 9.36 Å². The van der Waals surface area contributed by atoms with Crippen LogP contribution in [0.3, 0.4) is 0 Å². The summed E-state index contributed by atoms with van der Waals surface area (Å²) in [7, 11) is 0. The van der Waals surface area contributed by atoms with E-state index in [-0.39, 0.29) is 11.0 Å². The van der Waals surface area contributed by atoms with Crippen molar-refractivity contribution >= 4 is 44.9 Å². The van der Waals surface area contributed by atoms with Crippen molar-refractivity contribution in [3.63, 3.8) is 0 Å². The van der Waals surface area contributed by atoms with E-state index in [1.165, 1.54) is 10.4 Å². The lowest BCUT2D eigenvalue weighted by atomic mass is 9.72. The van der Waals surface area contributed by atoms with Crippen LogP contribution >= 0.6 is 34.7 Å². The Morgan fingerprint density at radius 2 is 1.88 bits per heavy atom. The number of thioether (sulfide) groups is 1. The molecule has 2 aromatic carbocycles. The van der Waals surface area contributed by atoms with Gasteiger partial charge >= 0.3 is 0 Å². The molecule has 6 heteroatoms. The van der Waals surface area contributed by atoms with Crippen molar-refractivity contribution in [2.24, 2.45) is 11.3 Å². The molecule has 1 atom stereocenters. The van der Waals surface area contributed by atoms with Gasteiger partial charge in [-0.1, -0.05) is 80.0 Å². The van der Waals surface area contributed by atoms with Gasteiger partial charge in [-0.05, 0) is 66.8 Å². The quantitative estimate of drug-likeness (QED) is 0.208. The van der Waals surface area contributed by atoms with Gasteiger partial charge in [0.1, 0.15) is 4.83 Å². The SMILES string of the molecule is Cc1ccc(-n2c(SCc3ccccc3Cl)nc3sc4c(c3c2=O)CCC(C(C)(C)C)C4)cc1. The zero-order chi connectivity index (χ0) is 24.0. The Morgan fingerprint density at radius 3 is 2.59 bits per heavy atom. The zero-order valence-electron chi connectivity index (χ0n) is 20.0. The Balaban J connectivity index is 1.64. The first-order valence-electron chi connectivity index (χ1n) is 11.7. The molecule has 0 amide bonds. The summed E-state index contributed by atoms with van der Waals surface area (Å²) in [5.74, 6) is 1.28. The van der Waals surface area contributed by atoms with Gasteiger partial charge < -0.3 is 0 Å². The number of thiophene rings is 1. The minimum Gasteiger partial charge on any atom is -0.268 e. The van der Waals surface area contributed by atoms with Crippen molar-refractivity contribution in [1.82, 2.24) is 9.55 Å². The number of nitrogens with zero attached hydrogens (tertiary/aromatic N) is 2. The van der Waals surface area contributed by atoms with E-state index in [9.17, 15) is 4.79 Å². The van der Waals surface area contributed by atoms with Crippen LogP contribution in [0.2, 0.25) is 5.02 Å². The number of aryl methyl sites for hydroxylation is 2. The van der Waals surface area contributed by atoms with Gasteiger partial charge in [0.15, 0.2) is 5.16 Å². The second-order valence-corrected chi connectivity index (χ2v) is 12.7. The van der Waals surface area contributed by atoms with E-state index in [1.54, 1.807) is 27.7 Å². The van der Waals surface area contributed by atoms with Gasteiger partial charge in [0.25, 0.3) is 5.56 Å². The summed E-state index contributed by atoms with van der Waals surface area (Å²) >= 11 is 9.69. The molecule has 5 rings (SSSR count). The number of benzene rings is 2. The van der Waals surface area contributed by atoms with E-state index in [1.807, 2.05) is 48.5 Å². The highest BCUT2D eigenvalue weighted by atomic mass is 35.5. The normalized spacial score (nSPS) is 16.1. The topological polar surface area (TPSA) is 34.9 Å². The number of hydrogen-bond acceptors (Lipinski definition) is 4. The van der Waals surface area contributed by atoms with Crippen LogP contribution < -0.4 is 5.56 Å². The number of fused-ring (bicyclic) bond motifs is 3. The van der Waals surface area contributed by atoms with E-state index >= 15 is 0 Å². The van der Waals surface area contributed by atoms with E-state index in [0.717, 1.165) is 51.3 Å². The lowest BCUT2D eigenvalue weighted by Crippen LogP contribution is -2.27. The second kappa shape index (κ2) is 9.18. The van der Waals surface area contributed by atoms with Crippen molar-refractivity contribution < 1.29 is 0 Å². The fourth-order valence-electron chi connectivity index (χ4n) is 4.72. The smallest absolute Gasteiger partial charge is 0.267 e. The summed E-state index contributed by atoms with van der Waals surface area (Å²) in [5.41, 5.74) is 4.59. The highest BCUT2D eigenvalue weighted by Gasteiger charge is 2.32. The molecule has 0 bridgehead atoms. The summed E-state index contributed by atoms with van der Waals surface area (Å²) in [4.78, 5) is 21.3. The number of hydrogen-bond donors (Lipinski definition) is 0. The second-order valence-electron chi connectivity index (χ2n) is 10.2. The van der Waals surface area contributed by atoms with E-state index in [2.05, 4.69) is 27.7 Å². The predicted molar refractivity (Wildman–Crippen MR) is 146 cm³/mol. The van der Waals surface area contributed by atoms with Crippen LogP contribution in [-0.4, -0.2) is 9.55 Å². The minimum atomic E-state index is 0.0437. The Hall–Kier alpha value is -2.08. The van der Waals surface area contributed by atoms with Crippen LogP contribution in [0.1, 0.15) is 48.8 Å². The number of aromatic nitrogens is 2. The van der Waals surface area contributed by atoms with Gasteiger partial charge in [-0.15, -0.1) is 11.3 Å².